The van der Waals surface area contributed by atoms with Crippen LogP contribution in [0.2, 0.25) is 0 Å². The van der Waals surface area contributed by atoms with Gasteiger partial charge in [0.15, 0.2) is 0 Å². The lowest BCUT2D eigenvalue weighted by molar-refractivity contribution is -0.120. The summed E-state index contributed by atoms with van der Waals surface area (Å²) in [5, 5.41) is 2.78. The van der Waals surface area contributed by atoms with E-state index in [0.717, 1.165) is 18.4 Å². The molecular weight excluding hydrogens is 302 g/mol. The molecule has 1 unspecified atom stereocenters. The molecule has 0 aromatic heterocycles. The van der Waals surface area contributed by atoms with Gasteiger partial charge in [-0.15, -0.1) is 12.4 Å². The number of alkyl halides is 2. The van der Waals surface area contributed by atoms with Crippen molar-refractivity contribution in [2.24, 2.45) is 11.7 Å². The van der Waals surface area contributed by atoms with Gasteiger partial charge in [0.2, 0.25) is 5.91 Å². The van der Waals surface area contributed by atoms with Crippen molar-refractivity contribution in [1.29, 1.82) is 0 Å². The Bertz CT molecular complexity index is 453. The van der Waals surface area contributed by atoms with Crippen LogP contribution >= 0.6 is 12.4 Å². The maximum Gasteiger partial charge on any atom is 0.387 e. The van der Waals surface area contributed by atoms with E-state index in [1.54, 1.807) is 12.1 Å². The van der Waals surface area contributed by atoms with Crippen LogP contribution in [0.5, 0.6) is 5.75 Å². The maximum atomic E-state index is 12.0. The van der Waals surface area contributed by atoms with E-state index in [4.69, 9.17) is 5.73 Å². The molecule has 7 heteroatoms. The van der Waals surface area contributed by atoms with Gasteiger partial charge < -0.3 is 15.8 Å². The highest BCUT2D eigenvalue weighted by Gasteiger charge is 2.28. The van der Waals surface area contributed by atoms with Gasteiger partial charge in [-0.2, -0.15) is 8.78 Å². The van der Waals surface area contributed by atoms with Crippen LogP contribution in [-0.4, -0.2) is 25.1 Å². The highest BCUT2D eigenvalue weighted by molar-refractivity contribution is 5.85. The summed E-state index contributed by atoms with van der Waals surface area (Å²) in [5.41, 5.74) is 6.62. The van der Waals surface area contributed by atoms with Gasteiger partial charge in [0.1, 0.15) is 5.75 Å². The van der Waals surface area contributed by atoms with E-state index in [1.165, 1.54) is 12.1 Å². The molecule has 1 saturated carbocycles. The molecule has 1 fully saturated rings. The van der Waals surface area contributed by atoms with Gasteiger partial charge in [0.05, 0.1) is 6.42 Å². The highest BCUT2D eigenvalue weighted by atomic mass is 35.5. The summed E-state index contributed by atoms with van der Waals surface area (Å²) < 4.78 is 28.2. The number of halogens is 3. The van der Waals surface area contributed by atoms with E-state index in [-0.39, 0.29) is 36.5 Å². The number of rotatable bonds is 7. The summed E-state index contributed by atoms with van der Waals surface area (Å²) in [7, 11) is 0. The van der Waals surface area contributed by atoms with Crippen LogP contribution in [-0.2, 0) is 11.2 Å². The zero-order chi connectivity index (χ0) is 14.5. The van der Waals surface area contributed by atoms with Gasteiger partial charge >= 0.3 is 6.61 Å². The fourth-order valence-corrected chi connectivity index (χ4v) is 1.96. The molecule has 0 heterocycles. The first kappa shape index (κ1) is 17.7. The molecule has 0 bridgehead atoms. The standard InChI is InChI=1S/C14H18F2N2O2.ClH/c15-14(16)20-11-5-1-9(2-6-11)7-13(19)18-8-12(17)10-3-4-10;/h1-2,5-6,10,12,14H,3-4,7-8,17H2,(H,18,19);1H. The van der Waals surface area contributed by atoms with Crippen molar-refractivity contribution in [1.82, 2.24) is 5.32 Å². The number of hydrogen-bond donors (Lipinski definition) is 2. The molecule has 2 rings (SSSR count). The number of amides is 1. The second-order valence-electron chi connectivity index (χ2n) is 5.00. The Morgan fingerprint density at radius 3 is 2.48 bits per heavy atom. The SMILES string of the molecule is Cl.NC(CNC(=O)Cc1ccc(OC(F)F)cc1)C1CC1. The van der Waals surface area contributed by atoms with E-state index >= 15 is 0 Å². The first-order chi connectivity index (χ1) is 9.54. The molecule has 1 amide bonds. The van der Waals surface area contributed by atoms with E-state index < -0.39 is 6.61 Å². The van der Waals surface area contributed by atoms with Crippen LogP contribution in [0.1, 0.15) is 18.4 Å². The Kier molecular flexibility index (Phi) is 6.84. The first-order valence-corrected chi connectivity index (χ1v) is 6.60. The van der Waals surface area contributed by atoms with Crippen LogP contribution < -0.4 is 15.8 Å². The van der Waals surface area contributed by atoms with E-state index in [1.807, 2.05) is 0 Å². The number of nitrogens with two attached hydrogens (primary N) is 1. The van der Waals surface area contributed by atoms with Gasteiger partial charge in [-0.25, -0.2) is 0 Å². The lowest BCUT2D eigenvalue weighted by atomic mass is 10.1. The van der Waals surface area contributed by atoms with Crippen molar-refractivity contribution in [3.05, 3.63) is 29.8 Å². The normalized spacial score (nSPS) is 15.2. The topological polar surface area (TPSA) is 64.3 Å². The Labute approximate surface area is 128 Å². The van der Waals surface area contributed by atoms with Gasteiger partial charge in [-0.3, -0.25) is 4.79 Å². The predicted molar refractivity (Wildman–Crippen MR) is 77.7 cm³/mol. The molecular formula is C14H19ClF2N2O2. The molecule has 0 aliphatic heterocycles. The lowest BCUT2D eigenvalue weighted by Gasteiger charge is -2.11. The second-order valence-corrected chi connectivity index (χ2v) is 5.00. The Balaban J connectivity index is 0.00000220. The van der Waals surface area contributed by atoms with Crippen LogP contribution in [0, 0.1) is 5.92 Å². The third-order valence-corrected chi connectivity index (χ3v) is 3.28. The van der Waals surface area contributed by atoms with Crippen molar-refractivity contribution in [3.8, 4) is 5.75 Å². The molecule has 3 N–H and O–H groups in total. The number of ether oxygens (including phenoxy) is 1. The van der Waals surface area contributed by atoms with Crippen LogP contribution in [0.25, 0.3) is 0 Å². The summed E-state index contributed by atoms with van der Waals surface area (Å²) in [4.78, 5) is 11.7. The molecule has 1 atom stereocenters. The van der Waals surface area contributed by atoms with Crippen molar-refractivity contribution in [2.45, 2.75) is 31.9 Å². The second kappa shape index (κ2) is 8.14. The molecule has 0 spiro atoms. The van der Waals surface area contributed by atoms with E-state index in [9.17, 15) is 13.6 Å². The average molecular weight is 321 g/mol. The number of benzene rings is 1. The molecule has 21 heavy (non-hydrogen) atoms. The quantitative estimate of drug-likeness (QED) is 0.808. The zero-order valence-electron chi connectivity index (χ0n) is 11.4. The molecule has 4 nitrogen and oxygen atoms in total. The minimum atomic E-state index is -2.84. The van der Waals surface area contributed by atoms with Crippen molar-refractivity contribution in [3.63, 3.8) is 0 Å². The maximum absolute atomic E-state index is 12.0. The molecule has 1 aromatic rings. The Morgan fingerprint density at radius 1 is 1.33 bits per heavy atom. The first-order valence-electron chi connectivity index (χ1n) is 6.60. The summed E-state index contributed by atoms with van der Waals surface area (Å²) in [6.07, 6.45) is 2.48. The lowest BCUT2D eigenvalue weighted by Crippen LogP contribution is -2.39. The number of hydrogen-bond acceptors (Lipinski definition) is 3. The van der Waals surface area contributed by atoms with E-state index in [2.05, 4.69) is 10.1 Å². The third-order valence-electron chi connectivity index (χ3n) is 3.28. The summed E-state index contributed by atoms with van der Waals surface area (Å²) in [6.45, 7) is -2.36. The molecule has 1 aromatic carbocycles. The molecule has 1 aliphatic rings. The summed E-state index contributed by atoms with van der Waals surface area (Å²) >= 11 is 0. The fourth-order valence-electron chi connectivity index (χ4n) is 1.96. The Hall–Kier alpha value is -1.40. The highest BCUT2D eigenvalue weighted by Crippen LogP contribution is 2.31. The largest absolute Gasteiger partial charge is 0.435 e. The smallest absolute Gasteiger partial charge is 0.387 e. The molecule has 0 radical (unpaired) electrons. The molecule has 0 saturated heterocycles. The van der Waals surface area contributed by atoms with Crippen molar-refractivity contribution in [2.75, 3.05) is 6.54 Å². The molecule has 118 valence electrons. The number of carbonyl (C=O) groups excluding carboxylic acids is 1. The third kappa shape index (κ3) is 6.27. The number of nitrogens with one attached hydrogen (secondary N) is 1. The number of carbonyl (C=O) groups is 1. The van der Waals surface area contributed by atoms with Gasteiger partial charge in [-0.05, 0) is 36.5 Å². The minimum Gasteiger partial charge on any atom is -0.435 e. The summed E-state index contributed by atoms with van der Waals surface area (Å²) in [6, 6.07) is 6.06. The van der Waals surface area contributed by atoms with Gasteiger partial charge in [0, 0.05) is 12.6 Å². The molecule has 1 aliphatic carbocycles. The predicted octanol–water partition coefficient (Wildman–Crippen LogP) is 2.11. The fraction of sp³-hybridized carbons (Fsp3) is 0.500. The van der Waals surface area contributed by atoms with E-state index in [0.29, 0.717) is 12.5 Å². The van der Waals surface area contributed by atoms with Crippen LogP contribution in [0.4, 0.5) is 8.78 Å². The van der Waals surface area contributed by atoms with Gasteiger partial charge in [-0.1, -0.05) is 12.1 Å². The van der Waals surface area contributed by atoms with Crippen LogP contribution in [0.3, 0.4) is 0 Å². The van der Waals surface area contributed by atoms with Crippen LogP contribution in [0.15, 0.2) is 24.3 Å². The minimum absolute atomic E-state index is 0. The Morgan fingerprint density at radius 2 is 1.95 bits per heavy atom. The monoisotopic (exact) mass is 320 g/mol. The van der Waals surface area contributed by atoms with Crippen molar-refractivity contribution >= 4 is 18.3 Å². The van der Waals surface area contributed by atoms with Crippen molar-refractivity contribution < 1.29 is 18.3 Å². The summed E-state index contributed by atoms with van der Waals surface area (Å²) in [5.74, 6) is 0.504. The average Bonchev–Trinajstić information content (AvgIpc) is 3.22. The zero-order valence-corrected chi connectivity index (χ0v) is 12.2. The van der Waals surface area contributed by atoms with Gasteiger partial charge in [0.25, 0.3) is 0 Å².